The largest absolute Gasteiger partial charge is 0.394 e. The van der Waals surface area contributed by atoms with Gasteiger partial charge in [-0.2, -0.15) is 0 Å². The Bertz CT molecular complexity index is 809. The molecular formula is C12H19N9O4. The van der Waals surface area contributed by atoms with E-state index in [1.807, 2.05) is 0 Å². The van der Waals surface area contributed by atoms with E-state index < -0.39 is 31.1 Å². The van der Waals surface area contributed by atoms with Crippen LogP contribution >= 0.6 is 0 Å². The second-order valence-corrected chi connectivity index (χ2v) is 5.44. The van der Waals surface area contributed by atoms with Gasteiger partial charge >= 0.3 is 0 Å². The molecule has 1 saturated heterocycles. The Morgan fingerprint density at radius 1 is 1.32 bits per heavy atom. The number of nitrogens with zero attached hydrogens (tertiary/aromatic N) is 3. The molecule has 3 rings (SSSR count). The van der Waals surface area contributed by atoms with Gasteiger partial charge in [0.15, 0.2) is 6.23 Å². The maximum absolute atomic E-state index is 10.3. The van der Waals surface area contributed by atoms with Crippen LogP contribution in [-0.4, -0.2) is 60.6 Å². The Labute approximate surface area is 140 Å². The van der Waals surface area contributed by atoms with Crippen LogP contribution in [0.2, 0.25) is 0 Å². The molecule has 2 aromatic rings. The summed E-state index contributed by atoms with van der Waals surface area (Å²) in [6.45, 7) is -0.497. The fourth-order valence-electron chi connectivity index (χ4n) is 2.96. The maximum Gasteiger partial charge on any atom is 0.166 e. The highest BCUT2D eigenvalue weighted by Gasteiger charge is 2.45. The van der Waals surface area contributed by atoms with Crippen LogP contribution in [0, 0.1) is 5.41 Å². The van der Waals surface area contributed by atoms with Crippen molar-refractivity contribution in [1.29, 1.82) is 5.41 Å². The van der Waals surface area contributed by atoms with E-state index in [-0.39, 0.29) is 34.1 Å². The van der Waals surface area contributed by atoms with Crippen LogP contribution in [0.5, 0.6) is 0 Å². The van der Waals surface area contributed by atoms with Crippen molar-refractivity contribution < 1.29 is 20.1 Å². The number of anilines is 2. The molecule has 0 bridgehead atoms. The van der Waals surface area contributed by atoms with E-state index in [1.54, 1.807) is 0 Å². The van der Waals surface area contributed by atoms with Gasteiger partial charge in [-0.3, -0.25) is 9.98 Å². The van der Waals surface area contributed by atoms with Gasteiger partial charge in [0, 0.05) is 0 Å². The van der Waals surface area contributed by atoms with Gasteiger partial charge in [-0.05, 0) is 0 Å². The third-order valence-corrected chi connectivity index (χ3v) is 4.12. The molecule has 2 aromatic heterocycles. The molecule has 136 valence electrons. The lowest BCUT2D eigenvalue weighted by Crippen LogP contribution is -2.34. The van der Waals surface area contributed by atoms with Gasteiger partial charge < -0.3 is 36.6 Å². The number of rotatable bonds is 4. The molecule has 13 nitrogen and oxygen atoms in total. The minimum atomic E-state index is -1.39. The number of amidine groups is 1. The van der Waals surface area contributed by atoms with Gasteiger partial charge in [0.1, 0.15) is 47.8 Å². The van der Waals surface area contributed by atoms with Crippen LogP contribution in [0.1, 0.15) is 11.8 Å². The first-order chi connectivity index (χ1) is 12.0. The molecule has 0 aromatic carbocycles. The number of hydrogen-bond acceptors (Lipinski definition) is 11. The summed E-state index contributed by atoms with van der Waals surface area (Å²) in [6.07, 6.45) is -3.66. The number of fused-ring (bicyclic) bond motifs is 1. The molecule has 12 N–H and O–H groups in total. The van der Waals surface area contributed by atoms with E-state index in [4.69, 9.17) is 27.6 Å². The first kappa shape index (κ1) is 17.3. The summed E-state index contributed by atoms with van der Waals surface area (Å²) >= 11 is 0. The van der Waals surface area contributed by atoms with Crippen LogP contribution in [0.3, 0.4) is 0 Å². The Kier molecular flexibility index (Phi) is 4.42. The van der Waals surface area contributed by atoms with E-state index in [1.165, 1.54) is 10.9 Å². The fourth-order valence-corrected chi connectivity index (χ4v) is 2.96. The number of ether oxygens (including phenoxy) is 1. The van der Waals surface area contributed by atoms with E-state index in [9.17, 15) is 15.3 Å². The monoisotopic (exact) mass is 353 g/mol. The van der Waals surface area contributed by atoms with Crippen molar-refractivity contribution in [2.75, 3.05) is 17.8 Å². The quantitative estimate of drug-likeness (QED) is 0.114. The van der Waals surface area contributed by atoms with E-state index >= 15 is 0 Å². The molecular weight excluding hydrogens is 334 g/mol. The zero-order chi connectivity index (χ0) is 18.3. The molecule has 25 heavy (non-hydrogen) atoms. The second-order valence-electron chi connectivity index (χ2n) is 5.44. The number of aliphatic hydroxyl groups is 3. The predicted molar refractivity (Wildman–Crippen MR) is 86.9 cm³/mol. The number of nitrogens with two attached hydrogens (primary N) is 3. The van der Waals surface area contributed by atoms with Crippen molar-refractivity contribution in [1.82, 2.24) is 20.0 Å². The number of hydrogen-bond donors (Lipinski definition) is 9. The normalized spacial score (nSPS) is 26.1. The van der Waals surface area contributed by atoms with Gasteiger partial charge in [0.05, 0.1) is 17.6 Å². The molecule has 1 aliphatic heterocycles. The van der Waals surface area contributed by atoms with Crippen LogP contribution in [0.25, 0.3) is 11.0 Å². The van der Waals surface area contributed by atoms with Crippen molar-refractivity contribution in [2.45, 2.75) is 24.5 Å². The zero-order valence-electron chi connectivity index (χ0n) is 12.9. The van der Waals surface area contributed by atoms with Crippen molar-refractivity contribution in [2.24, 2.45) is 11.7 Å². The van der Waals surface area contributed by atoms with Gasteiger partial charge in [-0.25, -0.2) is 21.7 Å². The lowest BCUT2D eigenvalue weighted by molar-refractivity contribution is -0.0499. The highest BCUT2D eigenvalue weighted by atomic mass is 16.6. The summed E-state index contributed by atoms with van der Waals surface area (Å²) in [5.74, 6) is 10.9. The highest BCUT2D eigenvalue weighted by Crippen LogP contribution is 2.39. The van der Waals surface area contributed by atoms with Crippen molar-refractivity contribution >= 4 is 28.5 Å². The molecule has 1 fully saturated rings. The molecule has 0 spiro atoms. The predicted octanol–water partition coefficient (Wildman–Crippen LogP) is -3.30. The zero-order valence-corrected chi connectivity index (χ0v) is 12.9. The highest BCUT2D eigenvalue weighted by molar-refractivity contribution is 6.15. The molecule has 0 saturated carbocycles. The Morgan fingerprint density at radius 2 is 2.04 bits per heavy atom. The fraction of sp³-hybridized carbons (Fsp3) is 0.417. The van der Waals surface area contributed by atoms with Crippen LogP contribution < -0.4 is 28.3 Å². The van der Waals surface area contributed by atoms with Crippen LogP contribution in [-0.2, 0) is 4.74 Å². The van der Waals surface area contributed by atoms with Crippen molar-refractivity contribution in [3.8, 4) is 0 Å². The number of aromatic nitrogens is 3. The summed E-state index contributed by atoms with van der Waals surface area (Å²) in [5.41, 5.74) is 10.9. The number of hydrazine groups is 2. The minimum Gasteiger partial charge on any atom is -0.394 e. The summed E-state index contributed by atoms with van der Waals surface area (Å²) < 4.78 is 6.86. The molecule has 13 heteroatoms. The number of aliphatic hydroxyl groups excluding tert-OH is 3. The maximum atomic E-state index is 10.3. The van der Waals surface area contributed by atoms with Gasteiger partial charge in [-0.15, -0.1) is 0 Å². The summed E-state index contributed by atoms with van der Waals surface area (Å²) in [7, 11) is 0. The van der Waals surface area contributed by atoms with E-state index in [0.717, 1.165) is 0 Å². The average Bonchev–Trinajstić information content (AvgIpc) is 3.10. The second kappa shape index (κ2) is 6.40. The van der Waals surface area contributed by atoms with Crippen molar-refractivity contribution in [3.05, 3.63) is 11.9 Å². The van der Waals surface area contributed by atoms with E-state index in [2.05, 4.69) is 20.8 Å². The standard InChI is InChI=1S/C12H19N9O4/c13-8-4-5(9(14)19-15)11(20-16)21(10(4)18-2-17-8)12-7(24)6(23)3(1-22)25-12/h2-3,6-7,12,20,22-24H,1,15-16H2,(H2,14,19)(H2,13,17,18)/t3-,6-,7-,12-/m1/s1. The molecule has 0 radical (unpaired) electrons. The molecule has 0 aliphatic carbocycles. The van der Waals surface area contributed by atoms with Gasteiger partial charge in [-0.1, -0.05) is 0 Å². The third kappa shape index (κ3) is 2.46. The lowest BCUT2D eigenvalue weighted by atomic mass is 10.1. The molecule has 0 amide bonds. The Hall–Kier alpha value is -2.55. The van der Waals surface area contributed by atoms with Crippen molar-refractivity contribution in [3.63, 3.8) is 0 Å². The SMILES string of the molecule is N=C(NN)c1c(NN)n([C@@H]2O[C@H](CO)[C@@H](O)[C@H]2O)c2ncnc(N)c12. The summed E-state index contributed by atoms with van der Waals surface area (Å²) in [6, 6.07) is 0. The first-order valence-electron chi connectivity index (χ1n) is 7.25. The Balaban J connectivity index is 2.29. The van der Waals surface area contributed by atoms with Crippen LogP contribution in [0.15, 0.2) is 6.33 Å². The van der Waals surface area contributed by atoms with Crippen LogP contribution in [0.4, 0.5) is 11.6 Å². The number of nitrogen functional groups attached to an aromatic ring is 2. The third-order valence-electron chi connectivity index (χ3n) is 4.12. The van der Waals surface area contributed by atoms with Gasteiger partial charge in [0.2, 0.25) is 0 Å². The minimum absolute atomic E-state index is 0.0574. The molecule has 4 atom stereocenters. The molecule has 0 unspecified atom stereocenters. The number of nitrogens with one attached hydrogen (secondary N) is 3. The smallest absolute Gasteiger partial charge is 0.166 e. The average molecular weight is 353 g/mol. The molecule has 3 heterocycles. The summed E-state index contributed by atoms with van der Waals surface area (Å²) in [4.78, 5) is 8.01. The summed E-state index contributed by atoms with van der Waals surface area (Å²) in [5, 5.41) is 37.9. The first-order valence-corrected chi connectivity index (χ1v) is 7.25. The topological polar surface area (TPSA) is 227 Å². The van der Waals surface area contributed by atoms with E-state index in [0.29, 0.717) is 0 Å². The Morgan fingerprint density at radius 3 is 2.60 bits per heavy atom. The lowest BCUT2D eigenvalue weighted by Gasteiger charge is -2.20. The van der Waals surface area contributed by atoms with Gasteiger partial charge in [0.25, 0.3) is 0 Å². The molecule has 1 aliphatic rings.